The van der Waals surface area contributed by atoms with Crippen LogP contribution in [0.4, 0.5) is 5.69 Å². The third-order valence-electron chi connectivity index (χ3n) is 7.69. The van der Waals surface area contributed by atoms with Crippen molar-refractivity contribution in [3.05, 3.63) is 75.2 Å². The molecular weight excluding hydrogens is 418 g/mol. The average molecular weight is 456 g/mol. The number of hydrogen-bond donors (Lipinski definition) is 0. The molecule has 4 rings (SSSR count). The molecule has 0 N–H and O–H groups in total. The molecule has 0 fully saturated rings. The molecule has 3 aliphatic heterocycles. The number of hydrogen-bond acceptors (Lipinski definition) is 3. The second kappa shape index (κ2) is 8.35. The summed E-state index contributed by atoms with van der Waals surface area (Å²) >= 11 is 0. The Hall–Kier alpha value is -2.98. The molecule has 34 heavy (non-hydrogen) atoms. The first-order valence-corrected chi connectivity index (χ1v) is 12.4. The summed E-state index contributed by atoms with van der Waals surface area (Å²) in [5, 5.41) is 9.43. The normalized spacial score (nSPS) is 21.9. The molecule has 0 atom stereocenters. The molecule has 0 amide bonds. The van der Waals surface area contributed by atoms with E-state index in [1.165, 1.54) is 35.2 Å². The summed E-state index contributed by atoms with van der Waals surface area (Å²) in [4.78, 5) is 6.04. The third-order valence-corrected chi connectivity index (χ3v) is 7.69. The number of nitrogens with zero attached hydrogens (tertiary/aromatic N) is 3. The van der Waals surface area contributed by atoms with E-state index >= 15 is 0 Å². The summed E-state index contributed by atoms with van der Waals surface area (Å²) in [5.74, 6) is 1.63. The van der Waals surface area contributed by atoms with Crippen LogP contribution in [0.2, 0.25) is 0 Å². The lowest BCUT2D eigenvalue weighted by molar-refractivity contribution is 0.205. The fourth-order valence-corrected chi connectivity index (χ4v) is 5.25. The van der Waals surface area contributed by atoms with Gasteiger partial charge in [-0.2, -0.15) is 0 Å². The van der Waals surface area contributed by atoms with Crippen LogP contribution in [0.25, 0.3) is 4.85 Å². The smallest absolute Gasteiger partial charge is 0.269 e. The number of benzene rings is 1. The van der Waals surface area contributed by atoms with Crippen molar-refractivity contribution in [3.63, 3.8) is 0 Å². The van der Waals surface area contributed by atoms with Crippen molar-refractivity contribution in [2.24, 2.45) is 5.41 Å². The van der Waals surface area contributed by atoms with Gasteiger partial charge in [0.15, 0.2) is 0 Å². The van der Waals surface area contributed by atoms with Crippen LogP contribution in [0.3, 0.4) is 0 Å². The van der Waals surface area contributed by atoms with Crippen molar-refractivity contribution in [3.8, 4) is 6.07 Å². The SMILES string of the molecule is [C-]#[N+]C(C#N)=C1C=C(CCc2cc3c4c(c2)C(C)(C)CCN4CCC3(C)C)OC(C(C)(C)C)=C1. The first-order chi connectivity index (χ1) is 15.9. The lowest BCUT2D eigenvalue weighted by Crippen LogP contribution is -2.44. The van der Waals surface area contributed by atoms with E-state index in [4.69, 9.17) is 11.3 Å². The van der Waals surface area contributed by atoms with Crippen molar-refractivity contribution < 1.29 is 4.74 Å². The van der Waals surface area contributed by atoms with Gasteiger partial charge in [0, 0.05) is 30.6 Å². The second-order valence-electron chi connectivity index (χ2n) is 12.3. The molecule has 0 saturated carbocycles. The van der Waals surface area contributed by atoms with Gasteiger partial charge in [0.05, 0.1) is 12.6 Å². The number of anilines is 1. The summed E-state index contributed by atoms with van der Waals surface area (Å²) in [6.45, 7) is 25.5. The van der Waals surface area contributed by atoms with E-state index in [-0.39, 0.29) is 21.9 Å². The summed E-state index contributed by atoms with van der Waals surface area (Å²) in [5.41, 5.74) is 6.67. The van der Waals surface area contributed by atoms with Crippen molar-refractivity contribution in [1.29, 1.82) is 5.26 Å². The van der Waals surface area contributed by atoms with Crippen LogP contribution >= 0.6 is 0 Å². The predicted octanol–water partition coefficient (Wildman–Crippen LogP) is 7.33. The van der Waals surface area contributed by atoms with Crippen LogP contribution in [0.5, 0.6) is 0 Å². The van der Waals surface area contributed by atoms with Gasteiger partial charge in [-0.3, -0.25) is 0 Å². The standard InChI is InChI=1S/C30H37N3O/c1-28(2,3)26-18-21(25(19-31)32-8)17-22(34-26)10-9-20-15-23-27-24(16-20)30(6,7)12-14-33(27)13-11-29(23,4)5/h15-18H,9-14H2,1-7H3. The summed E-state index contributed by atoms with van der Waals surface area (Å²) in [6, 6.07) is 6.89. The fourth-order valence-electron chi connectivity index (χ4n) is 5.25. The molecule has 0 aliphatic carbocycles. The van der Waals surface area contributed by atoms with Gasteiger partial charge in [0.25, 0.3) is 5.70 Å². The minimum Gasteiger partial charge on any atom is -0.466 e. The van der Waals surface area contributed by atoms with Gasteiger partial charge >= 0.3 is 0 Å². The summed E-state index contributed by atoms with van der Waals surface area (Å²) < 4.78 is 6.29. The molecule has 0 aromatic heterocycles. The van der Waals surface area contributed by atoms with Gasteiger partial charge in [0.2, 0.25) is 0 Å². The van der Waals surface area contributed by atoms with Crippen molar-refractivity contribution >= 4 is 5.69 Å². The van der Waals surface area contributed by atoms with E-state index < -0.39 is 0 Å². The number of rotatable bonds is 3. The fraction of sp³-hybridized carbons (Fsp3) is 0.533. The monoisotopic (exact) mass is 455 g/mol. The highest BCUT2D eigenvalue weighted by Gasteiger charge is 2.40. The highest BCUT2D eigenvalue weighted by Crippen LogP contribution is 2.49. The Morgan fingerprint density at radius 1 is 1.06 bits per heavy atom. The third kappa shape index (κ3) is 4.39. The molecule has 3 aliphatic rings. The first kappa shape index (κ1) is 24.2. The van der Waals surface area contributed by atoms with Crippen LogP contribution in [0.15, 0.2) is 47.1 Å². The van der Waals surface area contributed by atoms with E-state index in [0.29, 0.717) is 5.57 Å². The van der Waals surface area contributed by atoms with Crippen molar-refractivity contribution in [2.45, 2.75) is 85.0 Å². The maximum Gasteiger partial charge on any atom is 0.269 e. The van der Waals surface area contributed by atoms with Crippen LogP contribution < -0.4 is 4.90 Å². The Kier molecular flexibility index (Phi) is 5.93. The van der Waals surface area contributed by atoms with Crippen molar-refractivity contribution in [1.82, 2.24) is 0 Å². The number of ether oxygens (including phenoxy) is 1. The zero-order valence-corrected chi connectivity index (χ0v) is 21.8. The molecule has 0 bridgehead atoms. The van der Waals surface area contributed by atoms with E-state index in [1.54, 1.807) is 0 Å². The quantitative estimate of drug-likeness (QED) is 0.354. The van der Waals surface area contributed by atoms with E-state index in [9.17, 15) is 5.26 Å². The lowest BCUT2D eigenvalue weighted by atomic mass is 9.69. The molecule has 0 unspecified atom stereocenters. The van der Waals surface area contributed by atoms with Crippen LogP contribution in [0, 0.1) is 23.3 Å². The Labute approximate surface area is 205 Å². The topological polar surface area (TPSA) is 40.6 Å². The number of allylic oxidation sites excluding steroid dienone is 6. The van der Waals surface area contributed by atoms with E-state index in [0.717, 1.165) is 37.4 Å². The average Bonchev–Trinajstić information content (AvgIpc) is 2.76. The van der Waals surface area contributed by atoms with Crippen LogP contribution in [-0.4, -0.2) is 13.1 Å². The zero-order chi connectivity index (χ0) is 24.9. The molecular formula is C30H37N3O. The molecule has 178 valence electrons. The van der Waals surface area contributed by atoms with Crippen LogP contribution in [0.1, 0.15) is 84.4 Å². The van der Waals surface area contributed by atoms with Gasteiger partial charge in [-0.25, -0.2) is 10.1 Å². The van der Waals surface area contributed by atoms with E-state index in [1.807, 2.05) is 18.2 Å². The molecule has 4 nitrogen and oxygen atoms in total. The van der Waals surface area contributed by atoms with Gasteiger partial charge < -0.3 is 9.64 Å². The van der Waals surface area contributed by atoms with Gasteiger partial charge in [0.1, 0.15) is 11.5 Å². The maximum absolute atomic E-state index is 9.43. The predicted molar refractivity (Wildman–Crippen MR) is 138 cm³/mol. The molecule has 0 saturated heterocycles. The lowest BCUT2D eigenvalue weighted by Gasteiger charge is -2.48. The maximum atomic E-state index is 9.43. The molecule has 1 aromatic carbocycles. The number of nitriles is 1. The molecule has 3 heterocycles. The second-order valence-corrected chi connectivity index (χ2v) is 12.3. The van der Waals surface area contributed by atoms with Crippen molar-refractivity contribution in [2.75, 3.05) is 18.0 Å². The van der Waals surface area contributed by atoms with Crippen LogP contribution in [-0.2, 0) is 22.0 Å². The Balaban J connectivity index is 1.69. The molecule has 0 radical (unpaired) electrons. The largest absolute Gasteiger partial charge is 0.466 e. The minimum absolute atomic E-state index is 0.115. The molecule has 0 spiro atoms. The zero-order valence-electron chi connectivity index (χ0n) is 21.8. The first-order valence-electron chi connectivity index (χ1n) is 12.4. The van der Waals surface area contributed by atoms with Gasteiger partial charge in [-0.05, 0) is 64.5 Å². The Morgan fingerprint density at radius 3 is 2.15 bits per heavy atom. The van der Waals surface area contributed by atoms with Gasteiger partial charge in [-0.15, -0.1) is 0 Å². The Bertz CT molecular complexity index is 1130. The summed E-state index contributed by atoms with van der Waals surface area (Å²) in [6.07, 6.45) is 7.68. The highest BCUT2D eigenvalue weighted by atomic mass is 16.5. The minimum atomic E-state index is -0.207. The molecule has 1 aromatic rings. The Morgan fingerprint density at radius 2 is 1.65 bits per heavy atom. The summed E-state index contributed by atoms with van der Waals surface area (Å²) in [7, 11) is 0. The van der Waals surface area contributed by atoms with Gasteiger partial charge in [-0.1, -0.05) is 60.6 Å². The molecule has 4 heteroatoms. The highest BCUT2D eigenvalue weighted by molar-refractivity contribution is 5.68. The van der Waals surface area contributed by atoms with E-state index in [2.05, 4.69) is 70.3 Å². The number of aryl methyl sites for hydroxylation is 1.